The second-order valence-corrected chi connectivity index (χ2v) is 3.82. The summed E-state index contributed by atoms with van der Waals surface area (Å²) in [5.74, 6) is 0.855. The molecule has 0 fully saturated rings. The molecule has 1 atom stereocenters. The van der Waals surface area contributed by atoms with Gasteiger partial charge in [-0.1, -0.05) is 6.92 Å². The Kier molecular flexibility index (Phi) is 6.10. The van der Waals surface area contributed by atoms with Gasteiger partial charge in [0.05, 0.1) is 12.8 Å². The number of nitrogens with one attached hydrogen (secondary N) is 1. The smallest absolute Gasteiger partial charge is 0.225 e. The minimum atomic E-state index is -0.908. The van der Waals surface area contributed by atoms with Gasteiger partial charge >= 0.3 is 0 Å². The van der Waals surface area contributed by atoms with E-state index in [-0.39, 0.29) is 19.1 Å². The summed E-state index contributed by atoms with van der Waals surface area (Å²) in [7, 11) is 0. The van der Waals surface area contributed by atoms with Gasteiger partial charge in [0, 0.05) is 6.42 Å². The maximum atomic E-state index is 11.3. The van der Waals surface area contributed by atoms with Gasteiger partial charge in [0.2, 0.25) is 5.91 Å². The monoisotopic (exact) mass is 254 g/mol. The normalized spacial score (nSPS) is 11.9. The first-order valence-corrected chi connectivity index (χ1v) is 5.83. The van der Waals surface area contributed by atoms with Gasteiger partial charge in [-0.3, -0.25) is 4.79 Å². The molecular formula is C12H18N2O4. The number of hydrogen-bond acceptors (Lipinski definition) is 5. The summed E-state index contributed by atoms with van der Waals surface area (Å²) in [4.78, 5) is 15.3. The van der Waals surface area contributed by atoms with E-state index in [0.29, 0.717) is 18.0 Å². The van der Waals surface area contributed by atoms with Crippen LogP contribution in [0, 0.1) is 0 Å². The van der Waals surface area contributed by atoms with Gasteiger partial charge in [-0.15, -0.1) is 0 Å². The molecule has 0 bridgehead atoms. The van der Waals surface area contributed by atoms with Gasteiger partial charge in [0.25, 0.3) is 0 Å². The molecule has 1 amide bonds. The number of aromatic nitrogens is 1. The molecule has 0 unspecified atom stereocenters. The van der Waals surface area contributed by atoms with Gasteiger partial charge in [-0.2, -0.15) is 0 Å². The van der Waals surface area contributed by atoms with Gasteiger partial charge in [-0.05, 0) is 18.6 Å². The molecule has 1 rings (SSSR count). The summed E-state index contributed by atoms with van der Waals surface area (Å²) in [6.45, 7) is 1.58. The molecule has 0 saturated heterocycles. The Morgan fingerprint density at radius 1 is 1.56 bits per heavy atom. The first kappa shape index (κ1) is 14.4. The van der Waals surface area contributed by atoms with Crippen molar-refractivity contribution in [3.8, 4) is 5.75 Å². The lowest BCUT2D eigenvalue weighted by Gasteiger charge is -2.10. The van der Waals surface area contributed by atoms with Gasteiger partial charge in [0.15, 0.2) is 0 Å². The van der Waals surface area contributed by atoms with Crippen molar-refractivity contribution < 1.29 is 19.7 Å². The molecule has 1 heterocycles. The van der Waals surface area contributed by atoms with Crippen molar-refractivity contribution in [3.05, 3.63) is 18.3 Å². The van der Waals surface area contributed by atoms with Crippen LogP contribution in [0.15, 0.2) is 18.3 Å². The number of ether oxygens (including phenoxy) is 1. The topological polar surface area (TPSA) is 91.7 Å². The lowest BCUT2D eigenvalue weighted by Crippen LogP contribution is -2.21. The van der Waals surface area contributed by atoms with E-state index in [4.69, 9.17) is 14.9 Å². The Morgan fingerprint density at radius 2 is 2.33 bits per heavy atom. The summed E-state index contributed by atoms with van der Waals surface area (Å²) in [5.41, 5.74) is 0. The van der Waals surface area contributed by atoms with Crippen LogP contribution in [0.2, 0.25) is 0 Å². The number of aliphatic hydroxyl groups excluding tert-OH is 2. The number of nitrogens with zero attached hydrogens (tertiary/aromatic N) is 1. The van der Waals surface area contributed by atoms with Crippen molar-refractivity contribution in [1.82, 2.24) is 4.98 Å². The molecule has 6 nitrogen and oxygen atoms in total. The lowest BCUT2D eigenvalue weighted by molar-refractivity contribution is -0.116. The van der Waals surface area contributed by atoms with Crippen molar-refractivity contribution in [3.63, 3.8) is 0 Å². The van der Waals surface area contributed by atoms with Crippen LogP contribution in [0.1, 0.15) is 19.8 Å². The predicted octanol–water partition coefficient (Wildman–Crippen LogP) is 0.552. The summed E-state index contributed by atoms with van der Waals surface area (Å²) in [6.07, 6.45) is 1.79. The van der Waals surface area contributed by atoms with Crippen molar-refractivity contribution in [2.45, 2.75) is 25.9 Å². The molecule has 0 aromatic carbocycles. The predicted molar refractivity (Wildman–Crippen MR) is 66.4 cm³/mol. The number of hydrogen-bond donors (Lipinski definition) is 3. The third-order valence-corrected chi connectivity index (χ3v) is 2.13. The molecule has 6 heteroatoms. The number of carbonyl (C=O) groups excluding carboxylic acids is 1. The largest absolute Gasteiger partial charge is 0.489 e. The molecule has 0 aliphatic carbocycles. The fourth-order valence-electron chi connectivity index (χ4n) is 1.22. The van der Waals surface area contributed by atoms with Crippen LogP contribution in [0.4, 0.5) is 5.82 Å². The molecule has 0 aliphatic rings. The van der Waals surface area contributed by atoms with Crippen LogP contribution in [0.5, 0.6) is 5.75 Å². The van der Waals surface area contributed by atoms with Crippen LogP contribution in [-0.2, 0) is 4.79 Å². The van der Waals surface area contributed by atoms with E-state index in [0.717, 1.165) is 6.42 Å². The number of rotatable bonds is 7. The van der Waals surface area contributed by atoms with E-state index < -0.39 is 6.10 Å². The Hall–Kier alpha value is -1.66. The van der Waals surface area contributed by atoms with E-state index in [2.05, 4.69) is 10.3 Å². The fourth-order valence-corrected chi connectivity index (χ4v) is 1.22. The molecule has 0 radical (unpaired) electrons. The highest BCUT2D eigenvalue weighted by atomic mass is 16.5. The van der Waals surface area contributed by atoms with Crippen LogP contribution in [0.25, 0.3) is 0 Å². The quantitative estimate of drug-likeness (QED) is 0.661. The van der Waals surface area contributed by atoms with E-state index >= 15 is 0 Å². The van der Waals surface area contributed by atoms with E-state index in [1.807, 2.05) is 6.92 Å². The second-order valence-electron chi connectivity index (χ2n) is 3.82. The van der Waals surface area contributed by atoms with Crippen molar-refractivity contribution in [2.75, 3.05) is 18.5 Å². The summed E-state index contributed by atoms with van der Waals surface area (Å²) >= 11 is 0. The van der Waals surface area contributed by atoms with Gasteiger partial charge in [0.1, 0.15) is 24.3 Å². The third kappa shape index (κ3) is 5.11. The second kappa shape index (κ2) is 7.62. The van der Waals surface area contributed by atoms with E-state index in [9.17, 15) is 4.79 Å². The number of carbonyl (C=O) groups is 1. The number of amides is 1. The molecule has 1 aromatic heterocycles. The highest BCUT2D eigenvalue weighted by molar-refractivity contribution is 5.89. The summed E-state index contributed by atoms with van der Waals surface area (Å²) < 4.78 is 5.18. The number of anilines is 1. The number of pyridine rings is 1. The maximum Gasteiger partial charge on any atom is 0.225 e. The molecule has 3 N–H and O–H groups in total. The average Bonchev–Trinajstić information content (AvgIpc) is 2.37. The van der Waals surface area contributed by atoms with Gasteiger partial charge < -0.3 is 20.3 Å². The Labute approximate surface area is 106 Å². The lowest BCUT2D eigenvalue weighted by atomic mass is 10.3. The van der Waals surface area contributed by atoms with Gasteiger partial charge in [-0.25, -0.2) is 4.98 Å². The summed E-state index contributed by atoms with van der Waals surface area (Å²) in [6, 6.07) is 3.26. The molecular weight excluding hydrogens is 236 g/mol. The Balaban J connectivity index is 2.44. The Bertz CT molecular complexity index is 367. The molecule has 1 aromatic rings. The third-order valence-electron chi connectivity index (χ3n) is 2.13. The van der Waals surface area contributed by atoms with Crippen LogP contribution < -0.4 is 10.1 Å². The minimum absolute atomic E-state index is 0.000277. The SMILES string of the molecule is CCCC(=O)Nc1ccc(OC[C@@H](O)CO)cn1. The highest BCUT2D eigenvalue weighted by Crippen LogP contribution is 2.12. The standard InChI is InChI=1S/C12H18N2O4/c1-2-3-12(17)14-11-5-4-10(6-13-11)18-8-9(16)7-15/h4-6,9,15-16H,2-3,7-8H2,1H3,(H,13,14,17)/t9-/m0/s1. The zero-order valence-electron chi connectivity index (χ0n) is 10.3. The molecule has 18 heavy (non-hydrogen) atoms. The zero-order chi connectivity index (χ0) is 13.4. The van der Waals surface area contributed by atoms with E-state index in [1.165, 1.54) is 6.20 Å². The molecule has 0 spiro atoms. The molecule has 100 valence electrons. The first-order valence-electron chi connectivity index (χ1n) is 5.83. The zero-order valence-corrected chi connectivity index (χ0v) is 10.3. The molecule has 0 saturated carbocycles. The van der Waals surface area contributed by atoms with Crippen LogP contribution in [0.3, 0.4) is 0 Å². The number of aliphatic hydroxyl groups is 2. The van der Waals surface area contributed by atoms with Crippen LogP contribution in [-0.4, -0.2) is 40.4 Å². The van der Waals surface area contributed by atoms with E-state index in [1.54, 1.807) is 12.1 Å². The van der Waals surface area contributed by atoms with Crippen LogP contribution >= 0.6 is 0 Å². The van der Waals surface area contributed by atoms with Crippen molar-refractivity contribution >= 4 is 11.7 Å². The highest BCUT2D eigenvalue weighted by Gasteiger charge is 2.04. The fraction of sp³-hybridized carbons (Fsp3) is 0.500. The average molecular weight is 254 g/mol. The summed E-state index contributed by atoms with van der Waals surface area (Å²) in [5, 5.41) is 20.4. The molecule has 0 aliphatic heterocycles. The van der Waals surface area contributed by atoms with Crippen molar-refractivity contribution in [1.29, 1.82) is 0 Å². The minimum Gasteiger partial charge on any atom is -0.489 e. The van der Waals surface area contributed by atoms with Crippen molar-refractivity contribution in [2.24, 2.45) is 0 Å². The Morgan fingerprint density at radius 3 is 2.89 bits per heavy atom. The maximum absolute atomic E-state index is 11.3. The first-order chi connectivity index (χ1) is 8.65.